The molecule has 2 aromatic rings. The molecule has 1 aliphatic rings. The molecule has 0 bridgehead atoms. The van der Waals surface area contributed by atoms with Gasteiger partial charge in [0, 0.05) is 30.4 Å². The summed E-state index contributed by atoms with van der Waals surface area (Å²) in [5, 5.41) is 2.97. The molecule has 1 aromatic carbocycles. The molecule has 0 radical (unpaired) electrons. The molecule has 1 aromatic heterocycles. The van der Waals surface area contributed by atoms with Crippen molar-refractivity contribution in [1.29, 1.82) is 0 Å². The highest BCUT2D eigenvalue weighted by Crippen LogP contribution is 2.31. The first-order valence-electron chi connectivity index (χ1n) is 8.43. The zero-order valence-electron chi connectivity index (χ0n) is 14.8. The summed E-state index contributed by atoms with van der Waals surface area (Å²) >= 11 is 0. The van der Waals surface area contributed by atoms with Crippen molar-refractivity contribution in [2.24, 2.45) is 5.92 Å². The Morgan fingerprint density at radius 2 is 2.04 bits per heavy atom. The van der Waals surface area contributed by atoms with Crippen LogP contribution in [0.25, 0.3) is 0 Å². The lowest BCUT2D eigenvalue weighted by Crippen LogP contribution is -2.38. The second-order valence-electron chi connectivity index (χ2n) is 6.29. The summed E-state index contributed by atoms with van der Waals surface area (Å²) in [6.07, 6.45) is 1.29. The molecule has 1 aliphatic heterocycles. The summed E-state index contributed by atoms with van der Waals surface area (Å²) in [6, 6.07) is 7.64. The standard InChI is InChI=1S/C19H23N3O3/c1-12-8-13(2)22-18(21-12)6-7-20-19(23)15-9-14-4-5-16(24-3)10-17(14)25-11-15/h4-5,8,10,15H,6-7,9,11H2,1-3H3,(H,20,23)/t15-/m1/s1. The van der Waals surface area contributed by atoms with Gasteiger partial charge in [-0.15, -0.1) is 0 Å². The van der Waals surface area contributed by atoms with Gasteiger partial charge in [-0.05, 0) is 38.0 Å². The molecular formula is C19H23N3O3. The molecule has 3 rings (SSSR count). The molecule has 25 heavy (non-hydrogen) atoms. The van der Waals surface area contributed by atoms with E-state index in [0.29, 0.717) is 26.0 Å². The zero-order valence-corrected chi connectivity index (χ0v) is 14.8. The maximum Gasteiger partial charge on any atom is 0.226 e. The number of hydrogen-bond donors (Lipinski definition) is 1. The molecule has 0 saturated heterocycles. The van der Waals surface area contributed by atoms with Crippen LogP contribution in [-0.2, 0) is 17.6 Å². The molecule has 0 fully saturated rings. The van der Waals surface area contributed by atoms with Crippen LogP contribution < -0.4 is 14.8 Å². The van der Waals surface area contributed by atoms with Crippen molar-refractivity contribution < 1.29 is 14.3 Å². The molecule has 6 nitrogen and oxygen atoms in total. The molecule has 0 aliphatic carbocycles. The monoisotopic (exact) mass is 341 g/mol. The smallest absolute Gasteiger partial charge is 0.226 e. The van der Waals surface area contributed by atoms with Crippen molar-refractivity contribution in [2.45, 2.75) is 26.7 Å². The third-order valence-electron chi connectivity index (χ3n) is 4.23. The van der Waals surface area contributed by atoms with Gasteiger partial charge in [0.15, 0.2) is 0 Å². The van der Waals surface area contributed by atoms with Gasteiger partial charge in [-0.2, -0.15) is 0 Å². The van der Waals surface area contributed by atoms with Crippen LogP contribution in [0.1, 0.15) is 22.8 Å². The number of aryl methyl sites for hydroxylation is 2. The van der Waals surface area contributed by atoms with E-state index in [1.165, 1.54) is 0 Å². The number of ether oxygens (including phenoxy) is 2. The van der Waals surface area contributed by atoms with E-state index in [9.17, 15) is 4.79 Å². The summed E-state index contributed by atoms with van der Waals surface area (Å²) in [5.74, 6) is 2.14. The minimum Gasteiger partial charge on any atom is -0.497 e. The van der Waals surface area contributed by atoms with Crippen molar-refractivity contribution in [3.63, 3.8) is 0 Å². The summed E-state index contributed by atoms with van der Waals surface area (Å²) in [7, 11) is 1.63. The SMILES string of the molecule is COc1ccc2c(c1)OC[C@H](C(=O)NCCc1nc(C)cc(C)n1)C2. The molecule has 1 N–H and O–H groups in total. The van der Waals surface area contributed by atoms with Crippen LogP contribution in [0.5, 0.6) is 11.5 Å². The Hall–Kier alpha value is -2.63. The third-order valence-corrected chi connectivity index (χ3v) is 4.23. The number of methoxy groups -OCH3 is 1. The summed E-state index contributed by atoms with van der Waals surface area (Å²) in [6.45, 7) is 4.80. The Morgan fingerprint density at radius 3 is 2.76 bits per heavy atom. The van der Waals surface area contributed by atoms with Gasteiger partial charge in [0.05, 0.1) is 13.0 Å². The van der Waals surface area contributed by atoms with Gasteiger partial charge < -0.3 is 14.8 Å². The van der Waals surface area contributed by atoms with E-state index in [0.717, 1.165) is 34.3 Å². The Labute approximate surface area is 147 Å². The lowest BCUT2D eigenvalue weighted by atomic mass is 9.96. The van der Waals surface area contributed by atoms with Gasteiger partial charge in [-0.3, -0.25) is 4.79 Å². The number of carbonyl (C=O) groups is 1. The largest absolute Gasteiger partial charge is 0.497 e. The van der Waals surface area contributed by atoms with Crippen molar-refractivity contribution in [1.82, 2.24) is 15.3 Å². The quantitative estimate of drug-likeness (QED) is 0.901. The maximum absolute atomic E-state index is 12.4. The molecule has 0 saturated carbocycles. The fourth-order valence-corrected chi connectivity index (χ4v) is 3.00. The predicted molar refractivity (Wildman–Crippen MR) is 93.9 cm³/mol. The normalized spacial score (nSPS) is 15.9. The number of fused-ring (bicyclic) bond motifs is 1. The number of carbonyl (C=O) groups excluding carboxylic acids is 1. The van der Waals surface area contributed by atoms with E-state index in [4.69, 9.17) is 9.47 Å². The molecule has 132 valence electrons. The molecule has 2 heterocycles. The summed E-state index contributed by atoms with van der Waals surface area (Å²) in [4.78, 5) is 21.2. The lowest BCUT2D eigenvalue weighted by molar-refractivity contribution is -0.126. The van der Waals surface area contributed by atoms with Crippen LogP contribution in [0.2, 0.25) is 0 Å². The van der Waals surface area contributed by atoms with Gasteiger partial charge in [0.25, 0.3) is 0 Å². The molecule has 1 amide bonds. The van der Waals surface area contributed by atoms with Gasteiger partial charge in [-0.1, -0.05) is 6.07 Å². The summed E-state index contributed by atoms with van der Waals surface area (Å²) < 4.78 is 10.9. The van der Waals surface area contributed by atoms with Crippen LogP contribution in [-0.4, -0.2) is 36.1 Å². The lowest BCUT2D eigenvalue weighted by Gasteiger charge is -2.25. The Bertz CT molecular complexity index is 756. The number of amides is 1. The molecule has 1 atom stereocenters. The highest BCUT2D eigenvalue weighted by Gasteiger charge is 2.26. The van der Waals surface area contributed by atoms with Crippen LogP contribution in [0.15, 0.2) is 24.3 Å². The minimum atomic E-state index is -0.180. The second-order valence-corrected chi connectivity index (χ2v) is 6.29. The minimum absolute atomic E-state index is 0.00541. The number of benzene rings is 1. The maximum atomic E-state index is 12.4. The van der Waals surface area contributed by atoms with Crippen LogP contribution >= 0.6 is 0 Å². The van der Waals surface area contributed by atoms with Crippen LogP contribution in [0.4, 0.5) is 0 Å². The van der Waals surface area contributed by atoms with E-state index in [1.807, 2.05) is 38.1 Å². The number of aromatic nitrogens is 2. The van der Waals surface area contributed by atoms with E-state index in [1.54, 1.807) is 7.11 Å². The van der Waals surface area contributed by atoms with Crippen LogP contribution in [0.3, 0.4) is 0 Å². The van der Waals surface area contributed by atoms with Gasteiger partial charge in [0.2, 0.25) is 5.91 Å². The highest BCUT2D eigenvalue weighted by atomic mass is 16.5. The summed E-state index contributed by atoms with van der Waals surface area (Å²) in [5.41, 5.74) is 2.92. The predicted octanol–water partition coefficient (Wildman–Crippen LogP) is 2.01. The third kappa shape index (κ3) is 4.26. The molecule has 0 unspecified atom stereocenters. The first-order valence-corrected chi connectivity index (χ1v) is 8.43. The van der Waals surface area contributed by atoms with E-state index in [2.05, 4.69) is 15.3 Å². The number of nitrogens with zero attached hydrogens (tertiary/aromatic N) is 2. The highest BCUT2D eigenvalue weighted by molar-refractivity contribution is 5.79. The average molecular weight is 341 g/mol. The van der Waals surface area contributed by atoms with Crippen molar-refractivity contribution >= 4 is 5.91 Å². The number of nitrogens with one attached hydrogen (secondary N) is 1. The van der Waals surface area contributed by atoms with Crippen molar-refractivity contribution in [3.05, 3.63) is 47.0 Å². The molecule has 6 heteroatoms. The topological polar surface area (TPSA) is 73.3 Å². The van der Waals surface area contributed by atoms with Gasteiger partial charge >= 0.3 is 0 Å². The van der Waals surface area contributed by atoms with Crippen LogP contribution in [0, 0.1) is 19.8 Å². The second kappa shape index (κ2) is 7.51. The van der Waals surface area contributed by atoms with Crippen molar-refractivity contribution in [2.75, 3.05) is 20.3 Å². The molecular weight excluding hydrogens is 318 g/mol. The van der Waals surface area contributed by atoms with Gasteiger partial charge in [-0.25, -0.2) is 9.97 Å². The fourth-order valence-electron chi connectivity index (χ4n) is 3.00. The fraction of sp³-hybridized carbons (Fsp3) is 0.421. The number of rotatable bonds is 5. The van der Waals surface area contributed by atoms with E-state index in [-0.39, 0.29) is 11.8 Å². The Morgan fingerprint density at radius 1 is 1.28 bits per heavy atom. The zero-order chi connectivity index (χ0) is 17.8. The van der Waals surface area contributed by atoms with Crippen molar-refractivity contribution in [3.8, 4) is 11.5 Å². The van der Waals surface area contributed by atoms with E-state index >= 15 is 0 Å². The first-order chi connectivity index (χ1) is 12.0. The number of hydrogen-bond acceptors (Lipinski definition) is 5. The average Bonchev–Trinajstić information content (AvgIpc) is 2.59. The Kier molecular flexibility index (Phi) is 5.16. The van der Waals surface area contributed by atoms with Gasteiger partial charge in [0.1, 0.15) is 23.9 Å². The Balaban J connectivity index is 1.53. The molecule has 0 spiro atoms. The van der Waals surface area contributed by atoms with E-state index < -0.39 is 0 Å². The first kappa shape index (κ1) is 17.2.